The van der Waals surface area contributed by atoms with Crippen molar-refractivity contribution in [1.82, 2.24) is 0 Å². The largest absolute Gasteiger partial charge is 0.390 e. The average molecular weight is 246 g/mol. The highest BCUT2D eigenvalue weighted by atomic mass is 16.3. The number of hydrogen-bond acceptors (Lipinski definition) is 2. The van der Waals surface area contributed by atoms with Crippen molar-refractivity contribution in [3.8, 4) is 0 Å². The molecular weight excluding hydrogens is 224 g/mol. The van der Waals surface area contributed by atoms with E-state index in [1.54, 1.807) is 0 Å². The van der Waals surface area contributed by atoms with Gasteiger partial charge in [0, 0.05) is 6.42 Å². The third kappa shape index (κ3) is 2.19. The van der Waals surface area contributed by atoms with E-state index in [2.05, 4.69) is 18.2 Å². The summed E-state index contributed by atoms with van der Waals surface area (Å²) in [5, 5.41) is 20.6. The van der Waals surface area contributed by atoms with Gasteiger partial charge in [0.25, 0.3) is 0 Å². The van der Waals surface area contributed by atoms with E-state index < -0.39 is 11.7 Å². The Balaban J connectivity index is 1.72. The second kappa shape index (κ2) is 4.67. The van der Waals surface area contributed by atoms with Crippen LogP contribution in [0.1, 0.15) is 48.8 Å². The molecule has 0 aliphatic heterocycles. The topological polar surface area (TPSA) is 40.5 Å². The highest BCUT2D eigenvalue weighted by molar-refractivity contribution is 5.35. The van der Waals surface area contributed by atoms with Crippen molar-refractivity contribution >= 4 is 0 Å². The Kier molecular flexibility index (Phi) is 3.16. The van der Waals surface area contributed by atoms with Gasteiger partial charge in [-0.05, 0) is 48.8 Å². The Hall–Kier alpha value is -0.860. The molecule has 2 nitrogen and oxygen atoms in total. The van der Waals surface area contributed by atoms with Crippen molar-refractivity contribution in [3.63, 3.8) is 0 Å². The van der Waals surface area contributed by atoms with Crippen LogP contribution in [0.5, 0.6) is 0 Å². The molecule has 0 heterocycles. The van der Waals surface area contributed by atoms with Gasteiger partial charge in [0.15, 0.2) is 0 Å². The van der Waals surface area contributed by atoms with Crippen LogP contribution in [0.3, 0.4) is 0 Å². The number of hydrogen-bond donors (Lipinski definition) is 2. The Bertz CT molecular complexity index is 433. The lowest BCUT2D eigenvalue weighted by molar-refractivity contribution is -0.0689. The van der Waals surface area contributed by atoms with E-state index in [1.807, 2.05) is 0 Å². The first-order valence-electron chi connectivity index (χ1n) is 7.18. The van der Waals surface area contributed by atoms with Gasteiger partial charge in [0.1, 0.15) is 0 Å². The smallest absolute Gasteiger partial charge is 0.0908 e. The molecule has 0 saturated heterocycles. The maximum Gasteiger partial charge on any atom is 0.0908 e. The first kappa shape index (κ1) is 12.2. The second-order valence-electron chi connectivity index (χ2n) is 5.99. The molecule has 1 unspecified atom stereocenters. The molecule has 0 radical (unpaired) electrons. The van der Waals surface area contributed by atoms with E-state index in [0.717, 1.165) is 25.7 Å². The maximum atomic E-state index is 10.4. The van der Waals surface area contributed by atoms with Crippen molar-refractivity contribution in [2.75, 3.05) is 0 Å². The van der Waals surface area contributed by atoms with Gasteiger partial charge in [-0.15, -0.1) is 0 Å². The summed E-state index contributed by atoms with van der Waals surface area (Å²) in [6.07, 6.45) is 7.17. The highest BCUT2D eigenvalue weighted by Gasteiger charge is 2.38. The first-order chi connectivity index (χ1) is 8.67. The van der Waals surface area contributed by atoms with E-state index in [-0.39, 0.29) is 0 Å². The summed E-state index contributed by atoms with van der Waals surface area (Å²) in [4.78, 5) is 0. The summed E-state index contributed by atoms with van der Waals surface area (Å²) in [5.74, 6) is 0. The lowest BCUT2D eigenvalue weighted by atomic mass is 9.89. The van der Waals surface area contributed by atoms with E-state index in [0.29, 0.717) is 6.42 Å². The van der Waals surface area contributed by atoms with Crippen molar-refractivity contribution in [1.29, 1.82) is 0 Å². The number of benzene rings is 1. The molecule has 18 heavy (non-hydrogen) atoms. The molecule has 98 valence electrons. The standard InChI is InChI=1S/C16H22O2/c17-15(16(18)8-1-2-9-16)11-12-6-7-13-4-3-5-14(13)10-12/h6-7,10,15,17-18H,1-5,8-9,11H2. The normalized spacial score (nSPS) is 23.0. The van der Waals surface area contributed by atoms with Crippen molar-refractivity contribution in [3.05, 3.63) is 34.9 Å². The number of fused-ring (bicyclic) bond motifs is 1. The Morgan fingerprint density at radius 3 is 2.56 bits per heavy atom. The minimum atomic E-state index is -0.834. The van der Waals surface area contributed by atoms with E-state index in [4.69, 9.17) is 0 Å². The van der Waals surface area contributed by atoms with Gasteiger partial charge in [-0.3, -0.25) is 0 Å². The van der Waals surface area contributed by atoms with Gasteiger partial charge in [-0.1, -0.05) is 31.0 Å². The average Bonchev–Trinajstić information content (AvgIpc) is 2.98. The lowest BCUT2D eigenvalue weighted by Gasteiger charge is -2.28. The fraction of sp³-hybridized carbons (Fsp3) is 0.625. The fourth-order valence-electron chi connectivity index (χ4n) is 3.49. The fourth-order valence-corrected chi connectivity index (χ4v) is 3.49. The molecule has 0 amide bonds. The quantitative estimate of drug-likeness (QED) is 0.859. The van der Waals surface area contributed by atoms with Gasteiger partial charge in [-0.2, -0.15) is 0 Å². The molecule has 2 aliphatic carbocycles. The Morgan fingerprint density at radius 2 is 1.78 bits per heavy atom. The van der Waals surface area contributed by atoms with E-state index >= 15 is 0 Å². The summed E-state index contributed by atoms with van der Waals surface area (Å²) < 4.78 is 0. The first-order valence-corrected chi connectivity index (χ1v) is 7.18. The summed E-state index contributed by atoms with van der Waals surface area (Å²) in [6.45, 7) is 0. The van der Waals surface area contributed by atoms with Crippen LogP contribution in [0.15, 0.2) is 18.2 Å². The molecule has 0 bridgehead atoms. The SMILES string of the molecule is OC(Cc1ccc2c(c1)CCC2)C1(O)CCCC1. The minimum absolute atomic E-state index is 0.587. The zero-order chi connectivity index (χ0) is 12.6. The van der Waals surface area contributed by atoms with Crippen molar-refractivity contribution < 1.29 is 10.2 Å². The van der Waals surface area contributed by atoms with Crippen LogP contribution in [0.4, 0.5) is 0 Å². The molecule has 1 fully saturated rings. The Labute approximate surface area is 109 Å². The zero-order valence-electron chi connectivity index (χ0n) is 10.9. The van der Waals surface area contributed by atoms with Crippen LogP contribution < -0.4 is 0 Å². The minimum Gasteiger partial charge on any atom is -0.390 e. The molecular formula is C16H22O2. The molecule has 2 aliphatic rings. The molecule has 2 N–H and O–H groups in total. The maximum absolute atomic E-state index is 10.4. The molecule has 0 spiro atoms. The number of aryl methyl sites for hydroxylation is 2. The van der Waals surface area contributed by atoms with Gasteiger partial charge >= 0.3 is 0 Å². The summed E-state index contributed by atoms with van der Waals surface area (Å²) >= 11 is 0. The van der Waals surface area contributed by atoms with Crippen LogP contribution in [0.25, 0.3) is 0 Å². The van der Waals surface area contributed by atoms with Crippen LogP contribution >= 0.6 is 0 Å². The second-order valence-corrected chi connectivity index (χ2v) is 5.99. The van der Waals surface area contributed by atoms with Crippen LogP contribution in [-0.2, 0) is 19.3 Å². The molecule has 2 heteroatoms. The molecule has 1 aromatic rings. The Morgan fingerprint density at radius 1 is 1.06 bits per heavy atom. The number of rotatable bonds is 3. The predicted molar refractivity (Wildman–Crippen MR) is 71.6 cm³/mol. The van der Waals surface area contributed by atoms with Gasteiger partial charge in [0.05, 0.1) is 11.7 Å². The third-order valence-electron chi connectivity index (χ3n) is 4.68. The third-order valence-corrected chi connectivity index (χ3v) is 4.68. The van der Waals surface area contributed by atoms with Gasteiger partial charge in [-0.25, -0.2) is 0 Å². The summed E-state index contributed by atoms with van der Waals surface area (Å²) in [5.41, 5.74) is 3.24. The summed E-state index contributed by atoms with van der Waals surface area (Å²) in [7, 11) is 0. The predicted octanol–water partition coefficient (Wildman–Crippen LogP) is 2.38. The van der Waals surface area contributed by atoms with E-state index in [9.17, 15) is 10.2 Å². The monoisotopic (exact) mass is 246 g/mol. The molecule has 1 aromatic carbocycles. The van der Waals surface area contributed by atoms with Crippen LogP contribution in [0, 0.1) is 0 Å². The van der Waals surface area contributed by atoms with Crippen LogP contribution in [-0.4, -0.2) is 21.9 Å². The summed E-state index contributed by atoms with van der Waals surface area (Å²) in [6, 6.07) is 6.54. The lowest BCUT2D eigenvalue weighted by Crippen LogP contribution is -2.40. The van der Waals surface area contributed by atoms with Gasteiger partial charge < -0.3 is 10.2 Å². The van der Waals surface area contributed by atoms with Crippen molar-refractivity contribution in [2.24, 2.45) is 0 Å². The van der Waals surface area contributed by atoms with E-state index in [1.165, 1.54) is 36.0 Å². The molecule has 3 rings (SSSR count). The molecule has 0 aromatic heterocycles. The zero-order valence-corrected chi connectivity index (χ0v) is 10.9. The van der Waals surface area contributed by atoms with Crippen molar-refractivity contribution in [2.45, 2.75) is 63.1 Å². The highest BCUT2D eigenvalue weighted by Crippen LogP contribution is 2.34. The van der Waals surface area contributed by atoms with Gasteiger partial charge in [0.2, 0.25) is 0 Å². The molecule has 1 saturated carbocycles. The van der Waals surface area contributed by atoms with Crippen LogP contribution in [0.2, 0.25) is 0 Å². The number of aliphatic hydroxyl groups is 2. The number of aliphatic hydroxyl groups excluding tert-OH is 1. The molecule has 1 atom stereocenters.